The van der Waals surface area contributed by atoms with Gasteiger partial charge in [-0.25, -0.2) is 14.6 Å². The number of aromatic nitrogens is 5. The maximum atomic E-state index is 11.9. The lowest BCUT2D eigenvalue weighted by molar-refractivity contribution is 0.0963. The quantitative estimate of drug-likeness (QED) is 0.502. The van der Waals surface area contributed by atoms with Gasteiger partial charge < -0.3 is 16.0 Å². The van der Waals surface area contributed by atoms with Gasteiger partial charge in [0.15, 0.2) is 5.65 Å². The summed E-state index contributed by atoms with van der Waals surface area (Å²) in [5.41, 5.74) is 9.24. The summed E-state index contributed by atoms with van der Waals surface area (Å²) in [6, 6.07) is 5.38. The van der Waals surface area contributed by atoms with Gasteiger partial charge in [-0.2, -0.15) is 5.10 Å². The van der Waals surface area contributed by atoms with E-state index < -0.39 is 0 Å². The molecule has 0 unspecified atom stereocenters. The highest BCUT2D eigenvalue weighted by Gasteiger charge is 2.23. The molecule has 138 valence electrons. The number of halogens is 1. The van der Waals surface area contributed by atoms with E-state index in [4.69, 9.17) is 17.3 Å². The third kappa shape index (κ3) is 2.60. The first-order valence-corrected chi connectivity index (χ1v) is 8.82. The maximum Gasteiger partial charge on any atom is 0.251 e. The standard InChI is InChI=1S/C18H18ClN7O/c1-8(2)26-17-12(16(20)22-7-23-17)14(25-26)15-13(19)10-5-4-9(18(27)21-3)6-11(10)24-15/h4-8,24H,1-3H3,(H,21,27)(H2,20,22,23). The number of nitrogens with two attached hydrogens (primary N) is 1. The van der Waals surface area contributed by atoms with Gasteiger partial charge in [-0.15, -0.1) is 0 Å². The van der Waals surface area contributed by atoms with Crippen molar-refractivity contribution in [2.75, 3.05) is 12.8 Å². The highest BCUT2D eigenvalue weighted by molar-refractivity contribution is 6.38. The van der Waals surface area contributed by atoms with E-state index in [1.54, 1.807) is 23.9 Å². The Morgan fingerprint density at radius 1 is 1.33 bits per heavy atom. The zero-order valence-electron chi connectivity index (χ0n) is 15.0. The molecule has 1 aromatic carbocycles. The van der Waals surface area contributed by atoms with Crippen LogP contribution in [0.4, 0.5) is 5.82 Å². The molecule has 0 bridgehead atoms. The summed E-state index contributed by atoms with van der Waals surface area (Å²) in [7, 11) is 1.59. The molecule has 8 nitrogen and oxygen atoms in total. The smallest absolute Gasteiger partial charge is 0.251 e. The van der Waals surface area contributed by atoms with Crippen LogP contribution < -0.4 is 11.1 Å². The summed E-state index contributed by atoms with van der Waals surface area (Å²) in [6.45, 7) is 4.02. The van der Waals surface area contributed by atoms with Gasteiger partial charge in [0.2, 0.25) is 0 Å². The molecule has 0 aliphatic carbocycles. The summed E-state index contributed by atoms with van der Waals surface area (Å²) in [5.74, 6) is 0.166. The lowest BCUT2D eigenvalue weighted by Gasteiger charge is -2.05. The van der Waals surface area contributed by atoms with Crippen molar-refractivity contribution in [3.05, 3.63) is 35.1 Å². The third-order valence-corrected chi connectivity index (χ3v) is 4.86. The van der Waals surface area contributed by atoms with Crippen LogP contribution in [0.25, 0.3) is 33.3 Å². The fourth-order valence-electron chi connectivity index (χ4n) is 3.14. The molecule has 0 saturated carbocycles. The lowest BCUT2D eigenvalue weighted by atomic mass is 10.1. The molecule has 3 heterocycles. The molecule has 3 aromatic heterocycles. The van der Waals surface area contributed by atoms with Crippen molar-refractivity contribution in [2.45, 2.75) is 19.9 Å². The Kier molecular flexibility index (Phi) is 4.00. The Morgan fingerprint density at radius 3 is 2.81 bits per heavy atom. The number of nitrogens with one attached hydrogen (secondary N) is 2. The summed E-state index contributed by atoms with van der Waals surface area (Å²) >= 11 is 6.64. The molecule has 4 aromatic rings. The molecule has 1 amide bonds. The number of nitrogens with zero attached hydrogens (tertiary/aromatic N) is 4. The number of fused-ring (bicyclic) bond motifs is 2. The SMILES string of the molecule is CNC(=O)c1ccc2c(Cl)c(-c3nn(C(C)C)c4ncnc(N)c34)[nH]c2c1. The fourth-order valence-corrected chi connectivity index (χ4v) is 3.44. The van der Waals surface area contributed by atoms with Crippen LogP contribution in [-0.4, -0.2) is 37.7 Å². The van der Waals surface area contributed by atoms with E-state index in [9.17, 15) is 4.79 Å². The number of hydrogen-bond acceptors (Lipinski definition) is 5. The molecule has 4 rings (SSSR count). The summed E-state index contributed by atoms with van der Waals surface area (Å²) < 4.78 is 1.79. The number of H-pyrrole nitrogens is 1. The molecule has 9 heteroatoms. The van der Waals surface area contributed by atoms with Gasteiger partial charge in [-0.05, 0) is 26.0 Å². The van der Waals surface area contributed by atoms with Gasteiger partial charge >= 0.3 is 0 Å². The number of nitrogen functional groups attached to an aromatic ring is 1. The highest BCUT2D eigenvalue weighted by atomic mass is 35.5. The predicted molar refractivity (Wildman–Crippen MR) is 106 cm³/mol. The first-order valence-electron chi connectivity index (χ1n) is 8.44. The van der Waals surface area contributed by atoms with Crippen LogP contribution in [0.3, 0.4) is 0 Å². The number of aromatic amines is 1. The first kappa shape index (κ1) is 17.3. The van der Waals surface area contributed by atoms with Crippen molar-refractivity contribution >= 4 is 45.3 Å². The predicted octanol–water partition coefficient (Wildman–Crippen LogP) is 3.15. The van der Waals surface area contributed by atoms with Gasteiger partial charge in [0, 0.05) is 29.6 Å². The van der Waals surface area contributed by atoms with Crippen molar-refractivity contribution in [1.29, 1.82) is 0 Å². The van der Waals surface area contributed by atoms with Crippen LogP contribution in [-0.2, 0) is 0 Å². The fraction of sp³-hybridized carbons (Fsp3) is 0.222. The molecule has 0 aliphatic heterocycles. The second kappa shape index (κ2) is 6.24. The highest BCUT2D eigenvalue weighted by Crippen LogP contribution is 2.38. The monoisotopic (exact) mass is 383 g/mol. The zero-order chi connectivity index (χ0) is 19.3. The van der Waals surface area contributed by atoms with E-state index in [-0.39, 0.29) is 11.9 Å². The summed E-state index contributed by atoms with van der Waals surface area (Å²) in [5, 5.41) is 9.25. The normalized spacial score (nSPS) is 11.6. The van der Waals surface area contributed by atoms with E-state index in [1.807, 2.05) is 19.9 Å². The van der Waals surface area contributed by atoms with Crippen molar-refractivity contribution < 1.29 is 4.79 Å². The average molecular weight is 384 g/mol. The van der Waals surface area contributed by atoms with Crippen LogP contribution in [0.15, 0.2) is 24.5 Å². The number of benzene rings is 1. The topological polar surface area (TPSA) is 115 Å². The molecular weight excluding hydrogens is 366 g/mol. The maximum absolute atomic E-state index is 11.9. The Labute approximate surface area is 159 Å². The molecular formula is C18H18ClN7O. The molecule has 27 heavy (non-hydrogen) atoms. The zero-order valence-corrected chi connectivity index (χ0v) is 15.8. The van der Waals surface area contributed by atoms with Gasteiger partial charge in [-0.1, -0.05) is 17.7 Å². The Balaban J connectivity index is 2.00. The second-order valence-electron chi connectivity index (χ2n) is 6.50. The van der Waals surface area contributed by atoms with Crippen LogP contribution in [0.1, 0.15) is 30.2 Å². The number of rotatable bonds is 3. The Hall–Kier alpha value is -3.13. The number of carbonyl (C=O) groups excluding carboxylic acids is 1. The number of anilines is 1. The third-order valence-electron chi connectivity index (χ3n) is 4.47. The number of carbonyl (C=O) groups is 1. The molecule has 0 atom stereocenters. The number of hydrogen-bond donors (Lipinski definition) is 3. The molecule has 0 fully saturated rings. The van der Waals surface area contributed by atoms with E-state index in [0.717, 1.165) is 10.9 Å². The van der Waals surface area contributed by atoms with Crippen LogP contribution >= 0.6 is 11.6 Å². The molecule has 0 spiro atoms. The minimum Gasteiger partial charge on any atom is -0.383 e. The van der Waals surface area contributed by atoms with Gasteiger partial charge in [-0.3, -0.25) is 4.79 Å². The second-order valence-corrected chi connectivity index (χ2v) is 6.88. The summed E-state index contributed by atoms with van der Waals surface area (Å²) in [6.07, 6.45) is 1.42. The molecule has 0 radical (unpaired) electrons. The largest absolute Gasteiger partial charge is 0.383 e. The Bertz CT molecular complexity index is 1190. The van der Waals surface area contributed by atoms with Crippen molar-refractivity contribution in [3.63, 3.8) is 0 Å². The van der Waals surface area contributed by atoms with E-state index in [2.05, 4.69) is 25.4 Å². The first-order chi connectivity index (χ1) is 12.9. The number of amides is 1. The van der Waals surface area contributed by atoms with Gasteiger partial charge in [0.05, 0.1) is 16.1 Å². The van der Waals surface area contributed by atoms with Crippen molar-refractivity contribution in [2.24, 2.45) is 0 Å². The van der Waals surface area contributed by atoms with E-state index in [1.165, 1.54) is 6.33 Å². The van der Waals surface area contributed by atoms with Gasteiger partial charge in [0.25, 0.3) is 5.91 Å². The van der Waals surface area contributed by atoms with Crippen LogP contribution in [0.5, 0.6) is 0 Å². The van der Waals surface area contributed by atoms with Crippen molar-refractivity contribution in [1.82, 2.24) is 30.0 Å². The Morgan fingerprint density at radius 2 is 2.11 bits per heavy atom. The van der Waals surface area contributed by atoms with Crippen LogP contribution in [0.2, 0.25) is 5.02 Å². The lowest BCUT2D eigenvalue weighted by Crippen LogP contribution is -2.17. The molecule has 4 N–H and O–H groups in total. The summed E-state index contributed by atoms with van der Waals surface area (Å²) in [4.78, 5) is 23.6. The van der Waals surface area contributed by atoms with E-state index >= 15 is 0 Å². The minimum atomic E-state index is -0.170. The van der Waals surface area contributed by atoms with E-state index in [0.29, 0.717) is 38.8 Å². The van der Waals surface area contributed by atoms with Crippen molar-refractivity contribution in [3.8, 4) is 11.4 Å². The minimum absolute atomic E-state index is 0.0820. The molecule has 0 aliphatic rings. The average Bonchev–Trinajstić information content (AvgIpc) is 3.20. The van der Waals surface area contributed by atoms with Crippen LogP contribution in [0, 0.1) is 0 Å². The molecule has 0 saturated heterocycles. The van der Waals surface area contributed by atoms with Gasteiger partial charge in [0.1, 0.15) is 17.8 Å².